The van der Waals surface area contributed by atoms with Crippen LogP contribution in [0.15, 0.2) is 35.9 Å². The Morgan fingerprint density at radius 3 is 2.56 bits per heavy atom. The molecule has 27 heavy (non-hydrogen) atoms. The zero-order valence-corrected chi connectivity index (χ0v) is 15.9. The summed E-state index contributed by atoms with van der Waals surface area (Å²) in [5.74, 6) is -0.823. The summed E-state index contributed by atoms with van der Waals surface area (Å²) in [6.45, 7) is 4.73. The van der Waals surface area contributed by atoms with Crippen LogP contribution >= 0.6 is 11.3 Å². The van der Waals surface area contributed by atoms with Crippen molar-refractivity contribution in [2.75, 3.05) is 31.1 Å². The van der Waals surface area contributed by atoms with Gasteiger partial charge in [-0.25, -0.2) is 4.79 Å². The molecular weight excluding hydrogens is 362 g/mol. The number of hydrogen-bond acceptors (Lipinski definition) is 5. The molecule has 1 aliphatic rings. The monoisotopic (exact) mass is 383 g/mol. The van der Waals surface area contributed by atoms with Gasteiger partial charge in [0.25, 0.3) is 0 Å². The number of nitrogens with zero attached hydrogens (tertiary/aromatic N) is 3. The van der Waals surface area contributed by atoms with Crippen LogP contribution in [-0.4, -0.2) is 53.0 Å². The van der Waals surface area contributed by atoms with Crippen LogP contribution in [0.25, 0.3) is 18.2 Å². The van der Waals surface area contributed by atoms with Gasteiger partial charge in [-0.1, -0.05) is 6.08 Å². The van der Waals surface area contributed by atoms with Gasteiger partial charge < -0.3 is 14.9 Å². The molecule has 7 heteroatoms. The van der Waals surface area contributed by atoms with Gasteiger partial charge in [-0.05, 0) is 41.3 Å². The predicted octanol–water partition coefficient (Wildman–Crippen LogP) is 3.08. The Kier molecular flexibility index (Phi) is 6.03. The number of carbonyl (C=O) groups is 2. The Hall–Kier alpha value is -2.93. The van der Waals surface area contributed by atoms with Crippen molar-refractivity contribution in [2.45, 2.75) is 6.92 Å². The van der Waals surface area contributed by atoms with Crippen LogP contribution in [0.4, 0.5) is 5.69 Å². The van der Waals surface area contributed by atoms with Crippen LogP contribution in [0, 0.1) is 0 Å². The summed E-state index contributed by atoms with van der Waals surface area (Å²) in [6.07, 6.45) is 8.48. The van der Waals surface area contributed by atoms with Gasteiger partial charge in [-0.2, -0.15) is 0 Å². The lowest BCUT2D eigenvalue weighted by atomic mass is 10.2. The fraction of sp³-hybridized carbons (Fsp3) is 0.250. The largest absolute Gasteiger partial charge is 0.478 e. The maximum atomic E-state index is 11.4. The van der Waals surface area contributed by atoms with Crippen molar-refractivity contribution in [1.82, 2.24) is 9.88 Å². The molecule has 0 aromatic carbocycles. The van der Waals surface area contributed by atoms with E-state index in [0.717, 1.165) is 54.1 Å². The van der Waals surface area contributed by atoms with Gasteiger partial charge in [0.2, 0.25) is 5.91 Å². The van der Waals surface area contributed by atoms with Gasteiger partial charge in [0.1, 0.15) is 0 Å². The van der Waals surface area contributed by atoms with Crippen molar-refractivity contribution in [2.24, 2.45) is 0 Å². The van der Waals surface area contributed by atoms with Crippen molar-refractivity contribution in [3.8, 4) is 0 Å². The number of aliphatic carboxylic acids is 1. The molecule has 0 saturated carbocycles. The van der Waals surface area contributed by atoms with Crippen LogP contribution in [0.3, 0.4) is 0 Å². The SMILES string of the molecule is CC(=O)N1CCN(c2ccc(C=Cc3csc(/C=C/C(=O)O)c3)nc2)CC1. The maximum Gasteiger partial charge on any atom is 0.328 e. The molecule has 0 unspecified atom stereocenters. The van der Waals surface area contributed by atoms with E-state index in [1.54, 1.807) is 13.0 Å². The molecule has 3 heterocycles. The summed E-state index contributed by atoms with van der Waals surface area (Å²) in [4.78, 5) is 31.4. The number of thiophene rings is 1. The maximum absolute atomic E-state index is 11.4. The van der Waals surface area contributed by atoms with Crippen LogP contribution in [0.5, 0.6) is 0 Å². The lowest BCUT2D eigenvalue weighted by Crippen LogP contribution is -2.48. The molecule has 6 nitrogen and oxygen atoms in total. The van der Waals surface area contributed by atoms with E-state index in [1.165, 1.54) is 11.3 Å². The van der Waals surface area contributed by atoms with Crippen LogP contribution in [-0.2, 0) is 9.59 Å². The lowest BCUT2D eigenvalue weighted by Gasteiger charge is -2.35. The number of piperazine rings is 1. The fourth-order valence-electron chi connectivity index (χ4n) is 2.84. The Balaban J connectivity index is 1.59. The van der Waals surface area contributed by atoms with Gasteiger partial charge in [0.15, 0.2) is 0 Å². The number of rotatable bonds is 5. The second-order valence-corrected chi connectivity index (χ2v) is 7.16. The van der Waals surface area contributed by atoms with E-state index in [0.29, 0.717) is 0 Å². The molecule has 3 rings (SSSR count). The first-order valence-corrected chi connectivity index (χ1v) is 9.53. The van der Waals surface area contributed by atoms with Gasteiger partial charge in [0, 0.05) is 44.1 Å². The predicted molar refractivity (Wildman–Crippen MR) is 109 cm³/mol. The smallest absolute Gasteiger partial charge is 0.328 e. The molecule has 0 atom stereocenters. The van der Waals surface area contributed by atoms with E-state index in [1.807, 2.05) is 46.8 Å². The molecule has 140 valence electrons. The molecule has 1 amide bonds. The van der Waals surface area contributed by atoms with Crippen molar-refractivity contribution >= 4 is 47.1 Å². The third-order valence-corrected chi connectivity index (χ3v) is 5.25. The van der Waals surface area contributed by atoms with Crippen molar-refractivity contribution in [3.63, 3.8) is 0 Å². The number of carboxylic acid groups (broad SMARTS) is 1. The zero-order valence-electron chi connectivity index (χ0n) is 15.0. The highest BCUT2D eigenvalue weighted by Gasteiger charge is 2.18. The molecule has 1 N–H and O–H groups in total. The molecule has 1 aliphatic heterocycles. The van der Waals surface area contributed by atoms with Crippen molar-refractivity contribution < 1.29 is 14.7 Å². The molecule has 1 saturated heterocycles. The Morgan fingerprint density at radius 2 is 1.93 bits per heavy atom. The topological polar surface area (TPSA) is 73.7 Å². The summed E-state index contributed by atoms with van der Waals surface area (Å²) in [5.41, 5.74) is 2.93. The summed E-state index contributed by atoms with van der Waals surface area (Å²) in [6, 6.07) is 5.95. The third kappa shape index (κ3) is 5.27. The number of hydrogen-bond donors (Lipinski definition) is 1. The molecule has 0 bridgehead atoms. The minimum absolute atomic E-state index is 0.128. The Morgan fingerprint density at radius 1 is 1.15 bits per heavy atom. The quantitative estimate of drug-likeness (QED) is 0.803. The van der Waals surface area contributed by atoms with E-state index in [4.69, 9.17) is 5.11 Å². The average Bonchev–Trinajstić information content (AvgIpc) is 3.13. The fourth-order valence-corrected chi connectivity index (χ4v) is 3.61. The molecule has 0 spiro atoms. The van der Waals surface area contributed by atoms with E-state index in [-0.39, 0.29) is 5.91 Å². The first kappa shape index (κ1) is 18.8. The van der Waals surface area contributed by atoms with Crippen LogP contribution in [0.2, 0.25) is 0 Å². The second-order valence-electron chi connectivity index (χ2n) is 6.22. The first-order valence-electron chi connectivity index (χ1n) is 8.65. The molecule has 2 aromatic heterocycles. The van der Waals surface area contributed by atoms with Gasteiger partial charge in [-0.3, -0.25) is 9.78 Å². The number of aromatic nitrogens is 1. The standard InChI is InChI=1S/C20H21N3O3S/c1-15(24)22-8-10-23(11-9-22)18-5-4-17(21-13-18)3-2-16-12-19(27-14-16)6-7-20(25)26/h2-7,12-14H,8-11H2,1H3,(H,25,26)/b3-2?,7-6+. The van der Waals surface area contributed by atoms with Crippen LogP contribution in [0.1, 0.15) is 23.1 Å². The molecule has 2 aromatic rings. The van der Waals surface area contributed by atoms with Crippen LogP contribution < -0.4 is 4.90 Å². The summed E-state index contributed by atoms with van der Waals surface area (Å²) < 4.78 is 0. The van der Waals surface area contributed by atoms with Gasteiger partial charge in [-0.15, -0.1) is 11.3 Å². The minimum atomic E-state index is -0.951. The second kappa shape index (κ2) is 8.64. The highest BCUT2D eigenvalue weighted by atomic mass is 32.1. The number of carboxylic acids is 1. The third-order valence-electron chi connectivity index (χ3n) is 4.34. The van der Waals surface area contributed by atoms with E-state index >= 15 is 0 Å². The van der Waals surface area contributed by atoms with E-state index in [2.05, 4.69) is 9.88 Å². The summed E-state index contributed by atoms with van der Waals surface area (Å²) >= 11 is 1.49. The number of pyridine rings is 1. The summed E-state index contributed by atoms with van der Waals surface area (Å²) in [5, 5.41) is 10.6. The van der Waals surface area contributed by atoms with Crippen molar-refractivity contribution in [3.05, 3.63) is 52.0 Å². The molecule has 1 fully saturated rings. The lowest BCUT2D eigenvalue weighted by molar-refractivity contribution is -0.131. The highest BCUT2D eigenvalue weighted by molar-refractivity contribution is 7.11. The van der Waals surface area contributed by atoms with Crippen molar-refractivity contribution in [1.29, 1.82) is 0 Å². The number of amides is 1. The molecule has 0 radical (unpaired) electrons. The summed E-state index contributed by atoms with van der Waals surface area (Å²) in [7, 11) is 0. The number of anilines is 1. The zero-order chi connectivity index (χ0) is 19.2. The highest BCUT2D eigenvalue weighted by Crippen LogP contribution is 2.20. The molecular formula is C20H21N3O3S. The minimum Gasteiger partial charge on any atom is -0.478 e. The Labute approximate surface area is 162 Å². The van der Waals surface area contributed by atoms with Gasteiger partial charge >= 0.3 is 5.97 Å². The van der Waals surface area contributed by atoms with E-state index in [9.17, 15) is 9.59 Å². The Bertz CT molecular complexity index is 863. The first-order chi connectivity index (χ1) is 13.0. The number of carbonyl (C=O) groups excluding carboxylic acids is 1. The normalized spacial score (nSPS) is 15.0. The average molecular weight is 383 g/mol. The van der Waals surface area contributed by atoms with Gasteiger partial charge in [0.05, 0.1) is 17.6 Å². The van der Waals surface area contributed by atoms with E-state index < -0.39 is 5.97 Å². The molecule has 0 aliphatic carbocycles.